The number of rotatable bonds is 9. The lowest BCUT2D eigenvalue weighted by atomic mass is 10.1. The Morgan fingerprint density at radius 3 is 2.39 bits per heavy atom. The highest BCUT2D eigenvalue weighted by atomic mass is 35.5. The highest BCUT2D eigenvalue weighted by Gasteiger charge is 2.40. The van der Waals surface area contributed by atoms with E-state index in [2.05, 4.69) is 0 Å². The molecule has 1 amide bonds. The van der Waals surface area contributed by atoms with Crippen LogP contribution in [0.2, 0.25) is 5.02 Å². The van der Waals surface area contributed by atoms with E-state index < -0.39 is 11.9 Å². The van der Waals surface area contributed by atoms with Gasteiger partial charge in [0.2, 0.25) is 0 Å². The van der Waals surface area contributed by atoms with E-state index in [4.69, 9.17) is 38.0 Å². The van der Waals surface area contributed by atoms with Crippen molar-refractivity contribution in [1.29, 1.82) is 0 Å². The molecule has 1 fully saturated rings. The Bertz CT molecular complexity index is 1380. The molecule has 3 aromatic carbocycles. The normalized spacial score (nSPS) is 14.3. The molecule has 38 heavy (non-hydrogen) atoms. The van der Waals surface area contributed by atoms with Gasteiger partial charge in [0.25, 0.3) is 5.91 Å². The maximum atomic E-state index is 13.5. The third kappa shape index (κ3) is 6.12. The molecule has 0 aliphatic carbocycles. The summed E-state index contributed by atoms with van der Waals surface area (Å²) in [6, 6.07) is 17.9. The molecule has 0 N–H and O–H groups in total. The monoisotopic (exact) mass is 554 g/mol. The van der Waals surface area contributed by atoms with Crippen LogP contribution in [0.4, 0.5) is 10.1 Å². The van der Waals surface area contributed by atoms with Gasteiger partial charge in [-0.15, -0.1) is 0 Å². The molecule has 0 atom stereocenters. The van der Waals surface area contributed by atoms with Gasteiger partial charge in [-0.2, -0.15) is 0 Å². The van der Waals surface area contributed by atoms with Crippen molar-refractivity contribution in [2.24, 2.45) is 0 Å². The van der Waals surface area contributed by atoms with E-state index in [1.165, 1.54) is 29.0 Å². The van der Waals surface area contributed by atoms with Gasteiger partial charge in [0.15, 0.2) is 16.6 Å². The predicted octanol–water partition coefficient (Wildman–Crippen LogP) is 5.60. The Hall–Kier alpha value is -3.95. The average molecular weight is 555 g/mol. The highest BCUT2D eigenvalue weighted by Crippen LogP contribution is 2.33. The van der Waals surface area contributed by atoms with E-state index in [1.54, 1.807) is 60.7 Å². The van der Waals surface area contributed by atoms with Gasteiger partial charge in [0.05, 0.1) is 19.4 Å². The van der Waals surface area contributed by atoms with Crippen LogP contribution in [-0.4, -0.2) is 42.2 Å². The van der Waals surface area contributed by atoms with E-state index in [-0.39, 0.29) is 29.8 Å². The Morgan fingerprint density at radius 2 is 1.74 bits per heavy atom. The lowest BCUT2D eigenvalue weighted by molar-refractivity contribution is -0.140. The number of amides is 1. The summed E-state index contributed by atoms with van der Waals surface area (Å²) in [7, 11) is 1.27. The zero-order valence-electron chi connectivity index (χ0n) is 20.6. The van der Waals surface area contributed by atoms with Crippen LogP contribution in [0.15, 0.2) is 72.4 Å². The van der Waals surface area contributed by atoms with Crippen molar-refractivity contribution in [2.45, 2.75) is 13.5 Å². The van der Waals surface area contributed by atoms with Gasteiger partial charge in [-0.3, -0.25) is 14.5 Å². The number of carbonyl (C=O) groups is 2. The zero-order valence-corrected chi connectivity index (χ0v) is 22.2. The predicted molar refractivity (Wildman–Crippen MR) is 147 cm³/mol. The van der Waals surface area contributed by atoms with Gasteiger partial charge in [-0.05, 0) is 84.9 Å². The number of hydrogen-bond donors (Lipinski definition) is 0. The van der Waals surface area contributed by atoms with Crippen molar-refractivity contribution in [1.82, 2.24) is 4.90 Å². The summed E-state index contributed by atoms with van der Waals surface area (Å²) in [4.78, 5) is 28.4. The number of hydrogen-bond acceptors (Lipinski definition) is 6. The fourth-order valence-corrected chi connectivity index (χ4v) is 4.22. The van der Waals surface area contributed by atoms with Crippen LogP contribution in [0.25, 0.3) is 6.08 Å². The number of ether oxygens (including phenoxy) is 3. The van der Waals surface area contributed by atoms with Crippen LogP contribution >= 0.6 is 23.8 Å². The van der Waals surface area contributed by atoms with Gasteiger partial charge >= 0.3 is 5.97 Å². The second kappa shape index (κ2) is 12.1. The van der Waals surface area contributed by atoms with E-state index in [1.807, 2.05) is 6.92 Å². The summed E-state index contributed by atoms with van der Waals surface area (Å²) in [6.07, 6.45) is 1.62. The first-order valence-corrected chi connectivity index (χ1v) is 12.4. The third-order valence-corrected chi connectivity index (χ3v) is 6.27. The molecule has 7 nitrogen and oxygen atoms in total. The minimum Gasteiger partial charge on any atom is -0.490 e. The summed E-state index contributed by atoms with van der Waals surface area (Å²) >= 11 is 11.6. The summed E-state index contributed by atoms with van der Waals surface area (Å²) < 4.78 is 29.7. The average Bonchev–Trinajstić information content (AvgIpc) is 3.13. The fraction of sp³-hybridized carbons (Fsp3) is 0.179. The van der Waals surface area contributed by atoms with Gasteiger partial charge in [0, 0.05) is 5.02 Å². The van der Waals surface area contributed by atoms with E-state index in [0.717, 1.165) is 5.56 Å². The Kier molecular flexibility index (Phi) is 8.60. The molecular formula is C28H24ClFN2O5S. The molecule has 4 rings (SSSR count). The number of nitrogens with zero attached hydrogens (tertiary/aromatic N) is 2. The maximum absolute atomic E-state index is 13.5. The van der Waals surface area contributed by atoms with Crippen molar-refractivity contribution >= 4 is 52.6 Å². The quantitative estimate of drug-likeness (QED) is 0.194. The molecule has 0 saturated carbocycles. The molecule has 0 aromatic heterocycles. The first-order chi connectivity index (χ1) is 18.3. The molecule has 0 radical (unpaired) electrons. The molecule has 10 heteroatoms. The van der Waals surface area contributed by atoms with Gasteiger partial charge in [-0.1, -0.05) is 29.8 Å². The van der Waals surface area contributed by atoms with Crippen LogP contribution in [0.5, 0.6) is 11.5 Å². The SMILES string of the molecule is CCOc1cc(/C=C2/C(=O)N(c3ccc(Cl)cc3)C(=S)N2CC(=O)OC)ccc1OCc1ccc(F)cc1. The minimum atomic E-state index is -0.552. The van der Waals surface area contributed by atoms with E-state index in [9.17, 15) is 14.0 Å². The summed E-state index contributed by atoms with van der Waals surface area (Å²) in [5.41, 5.74) is 2.13. The highest BCUT2D eigenvalue weighted by molar-refractivity contribution is 7.80. The lowest BCUT2D eigenvalue weighted by Gasteiger charge is -2.19. The van der Waals surface area contributed by atoms with Crippen LogP contribution in [0.3, 0.4) is 0 Å². The van der Waals surface area contributed by atoms with Crippen LogP contribution in [-0.2, 0) is 20.9 Å². The second-order valence-electron chi connectivity index (χ2n) is 8.15. The molecule has 3 aromatic rings. The van der Waals surface area contributed by atoms with Crippen molar-refractivity contribution in [2.75, 3.05) is 25.2 Å². The largest absolute Gasteiger partial charge is 0.490 e. The van der Waals surface area contributed by atoms with Crippen LogP contribution < -0.4 is 14.4 Å². The van der Waals surface area contributed by atoms with Gasteiger partial charge in [-0.25, -0.2) is 4.39 Å². The lowest BCUT2D eigenvalue weighted by Crippen LogP contribution is -2.35. The van der Waals surface area contributed by atoms with Gasteiger partial charge in [0.1, 0.15) is 24.7 Å². The van der Waals surface area contributed by atoms with Crippen LogP contribution in [0.1, 0.15) is 18.1 Å². The summed E-state index contributed by atoms with van der Waals surface area (Å²) in [5.74, 6) is -0.329. The maximum Gasteiger partial charge on any atom is 0.325 e. The first kappa shape index (κ1) is 27.1. The smallest absolute Gasteiger partial charge is 0.325 e. The number of halogens is 2. The summed E-state index contributed by atoms with van der Waals surface area (Å²) in [5, 5.41) is 0.650. The molecule has 1 aliphatic rings. The van der Waals surface area contributed by atoms with Crippen molar-refractivity contribution in [3.63, 3.8) is 0 Å². The number of esters is 1. The van der Waals surface area contributed by atoms with Crippen LogP contribution in [0, 0.1) is 5.82 Å². The molecule has 1 saturated heterocycles. The standard InChI is InChI=1S/C28H24ClFN2O5S/c1-3-36-25-15-19(6-13-24(25)37-17-18-4-9-21(30)10-5-18)14-23-27(34)32(22-11-7-20(29)8-12-22)28(38)31(23)16-26(33)35-2/h4-15H,3,16-17H2,1-2H3/b23-14-. The minimum absolute atomic E-state index is 0.137. The Balaban J connectivity index is 1.65. The van der Waals surface area contributed by atoms with Crippen molar-refractivity contribution < 1.29 is 28.2 Å². The molecule has 196 valence electrons. The number of thiocarbonyl (C=S) groups is 1. The number of anilines is 1. The Labute approximate surface area is 230 Å². The summed E-state index contributed by atoms with van der Waals surface area (Å²) in [6.45, 7) is 2.20. The number of methoxy groups -OCH3 is 1. The zero-order chi connectivity index (χ0) is 27.2. The molecule has 1 aliphatic heterocycles. The Morgan fingerprint density at radius 1 is 1.03 bits per heavy atom. The molecule has 0 bridgehead atoms. The van der Waals surface area contributed by atoms with Gasteiger partial charge < -0.3 is 19.1 Å². The van der Waals surface area contributed by atoms with Crippen molar-refractivity contribution in [3.8, 4) is 11.5 Å². The molecule has 0 spiro atoms. The first-order valence-electron chi connectivity index (χ1n) is 11.6. The third-order valence-electron chi connectivity index (χ3n) is 5.61. The van der Waals surface area contributed by atoms with Crippen molar-refractivity contribution in [3.05, 3.63) is 94.4 Å². The molecular weight excluding hydrogens is 531 g/mol. The molecule has 1 heterocycles. The molecule has 0 unspecified atom stereocenters. The second-order valence-corrected chi connectivity index (χ2v) is 8.95. The number of carbonyl (C=O) groups excluding carboxylic acids is 2. The topological polar surface area (TPSA) is 68.3 Å². The van der Waals surface area contributed by atoms with E-state index >= 15 is 0 Å². The van der Waals surface area contributed by atoms with E-state index in [0.29, 0.717) is 34.4 Å². The number of benzene rings is 3. The fourth-order valence-electron chi connectivity index (χ4n) is 3.75.